The molecule has 0 bridgehead atoms. The first kappa shape index (κ1) is 15.9. The van der Waals surface area contributed by atoms with Crippen LogP contribution in [-0.4, -0.2) is 34.3 Å². The van der Waals surface area contributed by atoms with Crippen LogP contribution in [0.5, 0.6) is 0 Å². The third kappa shape index (κ3) is 3.69. The number of fused-ring (bicyclic) bond motifs is 1. The number of nitrogens with two attached hydrogens (primary N) is 1. The van der Waals surface area contributed by atoms with Gasteiger partial charge >= 0.3 is 0 Å². The van der Waals surface area contributed by atoms with E-state index in [2.05, 4.69) is 11.1 Å². The van der Waals surface area contributed by atoms with Crippen LogP contribution in [0.4, 0.5) is 0 Å². The van der Waals surface area contributed by atoms with Crippen LogP contribution in [0.25, 0.3) is 10.2 Å². The predicted octanol–water partition coefficient (Wildman–Crippen LogP) is 2.49. The molecule has 5 nitrogen and oxygen atoms in total. The molecule has 23 heavy (non-hydrogen) atoms. The molecule has 1 unspecified atom stereocenters. The van der Waals surface area contributed by atoms with Gasteiger partial charge in [0.15, 0.2) is 0 Å². The molecule has 0 spiro atoms. The van der Waals surface area contributed by atoms with Crippen LogP contribution in [0, 0.1) is 0 Å². The summed E-state index contributed by atoms with van der Waals surface area (Å²) >= 11 is 1.68. The molecule has 1 atom stereocenters. The first-order valence-electron chi connectivity index (χ1n) is 8.08. The summed E-state index contributed by atoms with van der Waals surface area (Å²) in [7, 11) is 0. The van der Waals surface area contributed by atoms with E-state index in [0.29, 0.717) is 19.4 Å². The lowest BCUT2D eigenvalue weighted by Gasteiger charge is -2.33. The zero-order chi connectivity index (χ0) is 16.2. The summed E-state index contributed by atoms with van der Waals surface area (Å²) in [5.41, 5.74) is 6.43. The molecule has 3 rings (SSSR count). The maximum atomic E-state index is 12.4. The SMILES string of the molecule is NC(=O)C1CCCCN1C(=O)CCCc1nc2ccccc2s1. The summed E-state index contributed by atoms with van der Waals surface area (Å²) in [6.45, 7) is 0.646. The third-order valence-electron chi connectivity index (χ3n) is 4.27. The minimum Gasteiger partial charge on any atom is -0.368 e. The molecule has 0 radical (unpaired) electrons. The van der Waals surface area contributed by atoms with Crippen molar-refractivity contribution in [1.82, 2.24) is 9.88 Å². The Balaban J connectivity index is 1.55. The Hall–Kier alpha value is -1.95. The lowest BCUT2D eigenvalue weighted by molar-refractivity contribution is -0.141. The number of aryl methyl sites for hydroxylation is 1. The number of aromatic nitrogens is 1. The standard InChI is InChI=1S/C17H21N3O2S/c18-17(22)13-7-3-4-11-20(13)16(21)10-5-9-15-19-12-6-1-2-8-14(12)23-15/h1-2,6,8,13H,3-5,7,9-11H2,(H2,18,22). The van der Waals surface area contributed by atoms with Crippen LogP contribution in [0.1, 0.15) is 37.1 Å². The van der Waals surface area contributed by atoms with Gasteiger partial charge < -0.3 is 10.6 Å². The van der Waals surface area contributed by atoms with Gasteiger partial charge in [0.2, 0.25) is 11.8 Å². The molecule has 1 aliphatic heterocycles. The van der Waals surface area contributed by atoms with E-state index in [0.717, 1.165) is 36.2 Å². The summed E-state index contributed by atoms with van der Waals surface area (Å²) in [4.78, 5) is 30.1. The van der Waals surface area contributed by atoms with E-state index in [1.807, 2.05) is 18.2 Å². The highest BCUT2D eigenvalue weighted by Gasteiger charge is 2.30. The second-order valence-corrected chi connectivity index (χ2v) is 7.05. The summed E-state index contributed by atoms with van der Waals surface area (Å²) in [6, 6.07) is 7.64. The fourth-order valence-electron chi connectivity index (χ4n) is 3.09. The Labute approximate surface area is 139 Å². The fourth-order valence-corrected chi connectivity index (χ4v) is 4.10. The van der Waals surface area contributed by atoms with Gasteiger partial charge in [0.05, 0.1) is 15.2 Å². The average Bonchev–Trinajstić information content (AvgIpc) is 2.97. The first-order chi connectivity index (χ1) is 11.1. The molecule has 122 valence electrons. The maximum Gasteiger partial charge on any atom is 0.240 e. The van der Waals surface area contributed by atoms with Gasteiger partial charge in [-0.3, -0.25) is 9.59 Å². The Bertz CT molecular complexity index is 680. The van der Waals surface area contributed by atoms with Crippen molar-refractivity contribution in [3.8, 4) is 0 Å². The molecule has 0 aliphatic carbocycles. The van der Waals surface area contributed by atoms with Gasteiger partial charge in [-0.25, -0.2) is 4.98 Å². The number of hydrogen-bond donors (Lipinski definition) is 1. The zero-order valence-corrected chi connectivity index (χ0v) is 13.8. The van der Waals surface area contributed by atoms with Gasteiger partial charge in [-0.05, 0) is 44.2 Å². The van der Waals surface area contributed by atoms with Gasteiger partial charge in [-0.2, -0.15) is 0 Å². The normalized spacial score (nSPS) is 18.3. The third-order valence-corrected chi connectivity index (χ3v) is 5.37. The monoisotopic (exact) mass is 331 g/mol. The van der Waals surface area contributed by atoms with Crippen LogP contribution in [-0.2, 0) is 16.0 Å². The minimum absolute atomic E-state index is 0.0367. The molecule has 1 aromatic heterocycles. The Morgan fingerprint density at radius 3 is 2.91 bits per heavy atom. The van der Waals surface area contributed by atoms with E-state index < -0.39 is 6.04 Å². The van der Waals surface area contributed by atoms with E-state index >= 15 is 0 Å². The first-order valence-corrected chi connectivity index (χ1v) is 8.90. The second-order valence-electron chi connectivity index (χ2n) is 5.93. The number of thiazole rings is 1. The Morgan fingerprint density at radius 1 is 1.30 bits per heavy atom. The van der Waals surface area contributed by atoms with E-state index in [4.69, 9.17) is 5.73 Å². The van der Waals surface area contributed by atoms with Crippen LogP contribution in [0.2, 0.25) is 0 Å². The van der Waals surface area contributed by atoms with E-state index in [1.165, 1.54) is 4.70 Å². The van der Waals surface area contributed by atoms with Crippen molar-refractivity contribution in [3.05, 3.63) is 29.3 Å². The zero-order valence-electron chi connectivity index (χ0n) is 13.0. The molecule has 2 heterocycles. The van der Waals surface area contributed by atoms with Crippen molar-refractivity contribution in [3.63, 3.8) is 0 Å². The van der Waals surface area contributed by atoms with Crippen molar-refractivity contribution in [2.45, 2.75) is 44.6 Å². The topological polar surface area (TPSA) is 76.3 Å². The molecule has 2 amide bonds. The van der Waals surface area contributed by atoms with Crippen LogP contribution in [0.15, 0.2) is 24.3 Å². The number of rotatable bonds is 5. The number of carbonyl (C=O) groups is 2. The van der Waals surface area contributed by atoms with Crippen molar-refractivity contribution >= 4 is 33.4 Å². The molecule has 2 aromatic rings. The molecule has 6 heteroatoms. The summed E-state index contributed by atoms with van der Waals surface area (Å²) < 4.78 is 1.18. The number of amides is 2. The highest BCUT2D eigenvalue weighted by atomic mass is 32.1. The number of primary amides is 1. The quantitative estimate of drug-likeness (QED) is 0.914. The number of nitrogens with zero attached hydrogens (tertiary/aromatic N) is 2. The molecule has 1 aliphatic rings. The molecule has 1 aromatic carbocycles. The smallest absolute Gasteiger partial charge is 0.240 e. The summed E-state index contributed by atoms with van der Waals surface area (Å²) in [6.07, 6.45) is 4.59. The predicted molar refractivity (Wildman–Crippen MR) is 91.1 cm³/mol. The van der Waals surface area contributed by atoms with Crippen molar-refractivity contribution in [2.75, 3.05) is 6.54 Å². The van der Waals surface area contributed by atoms with Crippen molar-refractivity contribution in [2.24, 2.45) is 5.73 Å². The van der Waals surface area contributed by atoms with Gasteiger partial charge in [0.1, 0.15) is 6.04 Å². The number of piperidine rings is 1. The average molecular weight is 331 g/mol. The molecular formula is C17H21N3O2S. The Kier molecular flexibility index (Phi) is 4.91. The van der Waals surface area contributed by atoms with Crippen LogP contribution >= 0.6 is 11.3 Å². The lowest BCUT2D eigenvalue weighted by atomic mass is 10.0. The van der Waals surface area contributed by atoms with Gasteiger partial charge in [-0.1, -0.05) is 12.1 Å². The van der Waals surface area contributed by atoms with Crippen molar-refractivity contribution in [1.29, 1.82) is 0 Å². The van der Waals surface area contributed by atoms with Crippen LogP contribution in [0.3, 0.4) is 0 Å². The fraction of sp³-hybridized carbons (Fsp3) is 0.471. The number of hydrogen-bond acceptors (Lipinski definition) is 4. The Morgan fingerprint density at radius 2 is 2.13 bits per heavy atom. The summed E-state index contributed by atoms with van der Waals surface area (Å²) in [5.74, 6) is -0.348. The number of benzene rings is 1. The van der Waals surface area contributed by atoms with E-state index in [9.17, 15) is 9.59 Å². The molecular weight excluding hydrogens is 310 g/mol. The molecule has 1 fully saturated rings. The highest BCUT2D eigenvalue weighted by Crippen LogP contribution is 2.23. The summed E-state index contributed by atoms with van der Waals surface area (Å²) in [5, 5.41) is 1.06. The molecule has 1 saturated heterocycles. The maximum absolute atomic E-state index is 12.4. The van der Waals surface area contributed by atoms with Crippen molar-refractivity contribution < 1.29 is 9.59 Å². The van der Waals surface area contributed by atoms with Gasteiger partial charge in [0.25, 0.3) is 0 Å². The largest absolute Gasteiger partial charge is 0.368 e. The molecule has 2 N–H and O–H groups in total. The lowest BCUT2D eigenvalue weighted by Crippen LogP contribution is -2.50. The van der Waals surface area contributed by atoms with Gasteiger partial charge in [-0.15, -0.1) is 11.3 Å². The minimum atomic E-state index is -0.418. The van der Waals surface area contributed by atoms with E-state index in [-0.39, 0.29) is 11.8 Å². The van der Waals surface area contributed by atoms with Gasteiger partial charge in [0, 0.05) is 13.0 Å². The van der Waals surface area contributed by atoms with E-state index in [1.54, 1.807) is 16.2 Å². The van der Waals surface area contributed by atoms with Crippen LogP contribution < -0.4 is 5.73 Å². The number of carbonyl (C=O) groups excluding carboxylic acids is 2. The molecule has 0 saturated carbocycles. The number of likely N-dealkylation sites (tertiary alicyclic amines) is 1. The number of para-hydroxylation sites is 1. The highest BCUT2D eigenvalue weighted by molar-refractivity contribution is 7.18. The second kappa shape index (κ2) is 7.08.